The summed E-state index contributed by atoms with van der Waals surface area (Å²) >= 11 is 3.07. The maximum absolute atomic E-state index is 12.2. The molecule has 1 aliphatic rings. The quantitative estimate of drug-likeness (QED) is 0.839. The average molecular weight is 396 g/mol. The lowest BCUT2D eigenvalue weighted by Gasteiger charge is -2.34. The monoisotopic (exact) mass is 395 g/mol. The second kappa shape index (κ2) is 7.09. The number of ether oxygens (including phenoxy) is 1. The molecular formula is C15H17BrF3NO3. The molecule has 2 atom stereocenters. The van der Waals surface area contributed by atoms with E-state index in [4.69, 9.17) is 0 Å². The molecule has 1 aliphatic heterocycles. The van der Waals surface area contributed by atoms with Gasteiger partial charge in [0.2, 0.25) is 0 Å². The lowest BCUT2D eigenvalue weighted by Crippen LogP contribution is -2.41. The van der Waals surface area contributed by atoms with Crippen LogP contribution in [0.2, 0.25) is 0 Å². The van der Waals surface area contributed by atoms with Gasteiger partial charge in [-0.25, -0.2) is 0 Å². The Hall–Kier alpha value is -1.28. The summed E-state index contributed by atoms with van der Waals surface area (Å²) in [6, 6.07) is 4.38. The minimum Gasteiger partial charge on any atom is -0.481 e. The number of rotatable bonds is 4. The number of likely N-dealkylation sites (tertiary alicyclic amines) is 1. The van der Waals surface area contributed by atoms with Gasteiger partial charge in [0.05, 0.1) is 10.4 Å². The number of piperidine rings is 1. The second-order valence-corrected chi connectivity index (χ2v) is 6.74. The summed E-state index contributed by atoms with van der Waals surface area (Å²) in [7, 11) is 0. The highest BCUT2D eigenvalue weighted by Gasteiger charge is 2.32. The van der Waals surface area contributed by atoms with E-state index in [9.17, 15) is 23.1 Å². The molecule has 23 heavy (non-hydrogen) atoms. The van der Waals surface area contributed by atoms with E-state index in [1.807, 2.05) is 11.8 Å². The second-order valence-electron chi connectivity index (χ2n) is 5.88. The van der Waals surface area contributed by atoms with Crippen LogP contribution in [0.1, 0.15) is 18.9 Å². The zero-order valence-electron chi connectivity index (χ0n) is 12.4. The molecule has 8 heteroatoms. The predicted octanol–water partition coefficient (Wildman–Crippen LogP) is 3.89. The molecule has 4 nitrogen and oxygen atoms in total. The van der Waals surface area contributed by atoms with Crippen molar-refractivity contribution in [1.82, 2.24) is 4.90 Å². The van der Waals surface area contributed by atoms with Gasteiger partial charge in [-0.15, -0.1) is 13.2 Å². The number of hydrogen-bond donors (Lipinski definition) is 1. The SMILES string of the molecule is CC1CC(C(=O)O)CN(Cc2ccc(OC(F)(F)F)c(Br)c2)C1. The van der Waals surface area contributed by atoms with Gasteiger partial charge in [-0.2, -0.15) is 0 Å². The van der Waals surface area contributed by atoms with E-state index >= 15 is 0 Å². The van der Waals surface area contributed by atoms with Gasteiger partial charge in [-0.05, 0) is 46.0 Å². The molecule has 2 rings (SSSR count). The van der Waals surface area contributed by atoms with Crippen molar-refractivity contribution >= 4 is 21.9 Å². The summed E-state index contributed by atoms with van der Waals surface area (Å²) in [4.78, 5) is 13.2. The van der Waals surface area contributed by atoms with Crippen molar-refractivity contribution in [3.8, 4) is 5.75 Å². The first kappa shape index (κ1) is 18.1. The molecular weight excluding hydrogens is 379 g/mol. The smallest absolute Gasteiger partial charge is 0.481 e. The van der Waals surface area contributed by atoms with Gasteiger partial charge in [-0.1, -0.05) is 13.0 Å². The Balaban J connectivity index is 2.05. The van der Waals surface area contributed by atoms with E-state index < -0.39 is 18.2 Å². The average Bonchev–Trinajstić information content (AvgIpc) is 2.40. The minimum absolute atomic E-state index is 0.215. The molecule has 128 valence electrons. The van der Waals surface area contributed by atoms with Gasteiger partial charge in [0, 0.05) is 19.6 Å². The molecule has 1 N–H and O–H groups in total. The van der Waals surface area contributed by atoms with Gasteiger partial charge in [0.25, 0.3) is 0 Å². The molecule has 1 aromatic rings. The van der Waals surface area contributed by atoms with E-state index in [2.05, 4.69) is 20.7 Å². The fourth-order valence-electron chi connectivity index (χ4n) is 2.88. The topological polar surface area (TPSA) is 49.8 Å². The van der Waals surface area contributed by atoms with Crippen LogP contribution < -0.4 is 4.74 Å². The number of aliphatic carboxylic acids is 1. The molecule has 1 heterocycles. The molecule has 0 saturated carbocycles. The Morgan fingerprint density at radius 1 is 1.43 bits per heavy atom. The van der Waals surface area contributed by atoms with Crippen LogP contribution in [0.25, 0.3) is 0 Å². The maximum Gasteiger partial charge on any atom is 0.573 e. The zero-order chi connectivity index (χ0) is 17.2. The summed E-state index contributed by atoms with van der Waals surface area (Å²) in [5, 5.41) is 9.17. The first-order valence-electron chi connectivity index (χ1n) is 7.13. The van der Waals surface area contributed by atoms with Gasteiger partial charge in [-0.3, -0.25) is 9.69 Å². The third-order valence-electron chi connectivity index (χ3n) is 3.71. The molecule has 0 aliphatic carbocycles. The van der Waals surface area contributed by atoms with E-state index in [-0.39, 0.29) is 16.1 Å². The van der Waals surface area contributed by atoms with Crippen LogP contribution >= 0.6 is 15.9 Å². The highest BCUT2D eigenvalue weighted by molar-refractivity contribution is 9.10. The molecule has 0 radical (unpaired) electrons. The highest BCUT2D eigenvalue weighted by atomic mass is 79.9. The molecule has 0 amide bonds. The summed E-state index contributed by atoms with van der Waals surface area (Å²) < 4.78 is 40.9. The maximum atomic E-state index is 12.2. The molecule has 0 spiro atoms. The Morgan fingerprint density at radius 2 is 2.13 bits per heavy atom. The number of alkyl halides is 3. The highest BCUT2D eigenvalue weighted by Crippen LogP contribution is 2.32. The van der Waals surface area contributed by atoms with Crippen molar-refractivity contribution in [3.63, 3.8) is 0 Å². The fraction of sp³-hybridized carbons (Fsp3) is 0.533. The van der Waals surface area contributed by atoms with Crippen molar-refractivity contribution in [2.75, 3.05) is 13.1 Å². The lowest BCUT2D eigenvalue weighted by atomic mass is 9.90. The van der Waals surface area contributed by atoms with Crippen LogP contribution in [0.15, 0.2) is 22.7 Å². The zero-order valence-corrected chi connectivity index (χ0v) is 14.0. The minimum atomic E-state index is -4.74. The molecule has 1 fully saturated rings. The number of carboxylic acid groups (broad SMARTS) is 1. The van der Waals surface area contributed by atoms with Crippen molar-refractivity contribution in [2.24, 2.45) is 11.8 Å². The van der Waals surface area contributed by atoms with Gasteiger partial charge in [0.15, 0.2) is 0 Å². The normalized spacial score (nSPS) is 22.8. The van der Waals surface area contributed by atoms with E-state index in [1.54, 1.807) is 12.1 Å². The van der Waals surface area contributed by atoms with Gasteiger partial charge >= 0.3 is 12.3 Å². The number of benzene rings is 1. The molecule has 1 aromatic carbocycles. The Kier molecular flexibility index (Phi) is 5.57. The summed E-state index contributed by atoms with van der Waals surface area (Å²) in [5.41, 5.74) is 0.796. The third-order valence-corrected chi connectivity index (χ3v) is 4.33. The Morgan fingerprint density at radius 3 is 2.70 bits per heavy atom. The first-order chi connectivity index (χ1) is 10.6. The lowest BCUT2D eigenvalue weighted by molar-refractivity contribution is -0.274. The molecule has 2 unspecified atom stereocenters. The summed E-state index contributed by atoms with van der Waals surface area (Å²) in [6.45, 7) is 3.69. The third kappa shape index (κ3) is 5.39. The van der Waals surface area contributed by atoms with Crippen molar-refractivity contribution in [3.05, 3.63) is 28.2 Å². The van der Waals surface area contributed by atoms with Crippen LogP contribution in [0, 0.1) is 11.8 Å². The van der Waals surface area contributed by atoms with Crippen LogP contribution in [0.3, 0.4) is 0 Å². The largest absolute Gasteiger partial charge is 0.573 e. The number of hydrogen-bond acceptors (Lipinski definition) is 3. The Bertz CT molecular complexity index is 580. The van der Waals surface area contributed by atoms with Crippen LogP contribution in [0.5, 0.6) is 5.75 Å². The van der Waals surface area contributed by atoms with E-state index in [1.165, 1.54) is 6.07 Å². The van der Waals surface area contributed by atoms with Crippen LogP contribution in [0.4, 0.5) is 13.2 Å². The van der Waals surface area contributed by atoms with Crippen LogP contribution in [-0.4, -0.2) is 35.4 Å². The van der Waals surface area contributed by atoms with E-state index in [0.717, 1.165) is 12.1 Å². The van der Waals surface area contributed by atoms with E-state index in [0.29, 0.717) is 19.5 Å². The van der Waals surface area contributed by atoms with Gasteiger partial charge in [0.1, 0.15) is 5.75 Å². The Labute approximate surface area is 140 Å². The predicted molar refractivity (Wildman–Crippen MR) is 81.0 cm³/mol. The molecule has 1 saturated heterocycles. The fourth-order valence-corrected chi connectivity index (χ4v) is 3.39. The van der Waals surface area contributed by atoms with Gasteiger partial charge < -0.3 is 9.84 Å². The van der Waals surface area contributed by atoms with Crippen molar-refractivity contribution in [1.29, 1.82) is 0 Å². The van der Waals surface area contributed by atoms with Crippen molar-refractivity contribution in [2.45, 2.75) is 26.3 Å². The first-order valence-corrected chi connectivity index (χ1v) is 7.92. The van der Waals surface area contributed by atoms with Crippen LogP contribution in [-0.2, 0) is 11.3 Å². The summed E-state index contributed by atoms with van der Waals surface area (Å²) in [5.74, 6) is -1.25. The molecule has 0 bridgehead atoms. The number of halogens is 4. The number of carbonyl (C=O) groups is 1. The standard InChI is InChI=1S/C15H17BrF3NO3/c1-9-4-11(14(21)22)8-20(6-9)7-10-2-3-13(12(16)5-10)23-15(17,18)19/h2-3,5,9,11H,4,6-8H2,1H3,(H,21,22). The van der Waals surface area contributed by atoms with Crippen molar-refractivity contribution < 1.29 is 27.8 Å². The summed E-state index contributed by atoms with van der Waals surface area (Å²) in [6.07, 6.45) is -4.09. The number of nitrogens with zero attached hydrogens (tertiary/aromatic N) is 1. The molecule has 0 aromatic heterocycles. The number of carboxylic acids is 1.